The van der Waals surface area contributed by atoms with Crippen LogP contribution in [0.3, 0.4) is 0 Å². The van der Waals surface area contributed by atoms with Gasteiger partial charge < -0.3 is 15.3 Å². The summed E-state index contributed by atoms with van der Waals surface area (Å²) < 4.78 is 0. The van der Waals surface area contributed by atoms with Crippen LogP contribution >= 0.6 is 0 Å². The Labute approximate surface area is 102 Å². The van der Waals surface area contributed by atoms with Gasteiger partial charge in [-0.1, -0.05) is 18.2 Å². The van der Waals surface area contributed by atoms with Gasteiger partial charge in [-0.25, -0.2) is 0 Å². The molecule has 0 unspecified atom stereocenters. The number of piperidine rings is 1. The standard InChI is InChI=1S/C14H20N2O/c1-16-6-4-14(17,5-7-16)13-3-2-11-9-15-10-12(11)8-13/h2-3,8,15,17H,4-7,9-10H2,1H3. The fourth-order valence-electron chi connectivity index (χ4n) is 2.86. The van der Waals surface area contributed by atoms with Crippen LogP contribution in [0.5, 0.6) is 0 Å². The lowest BCUT2D eigenvalue weighted by molar-refractivity contribution is -0.0203. The predicted molar refractivity (Wildman–Crippen MR) is 67.6 cm³/mol. The number of fused-ring (bicyclic) bond motifs is 1. The Morgan fingerprint density at radius 3 is 2.65 bits per heavy atom. The highest BCUT2D eigenvalue weighted by atomic mass is 16.3. The summed E-state index contributed by atoms with van der Waals surface area (Å²) in [6, 6.07) is 6.47. The second kappa shape index (κ2) is 4.09. The molecule has 1 saturated heterocycles. The van der Waals surface area contributed by atoms with E-state index in [0.29, 0.717) is 0 Å². The van der Waals surface area contributed by atoms with E-state index in [4.69, 9.17) is 0 Å². The lowest BCUT2D eigenvalue weighted by Crippen LogP contribution is -2.40. The molecule has 0 aliphatic carbocycles. The van der Waals surface area contributed by atoms with Gasteiger partial charge in [0.1, 0.15) is 0 Å². The van der Waals surface area contributed by atoms with Gasteiger partial charge in [-0.05, 0) is 36.6 Å². The lowest BCUT2D eigenvalue weighted by Gasteiger charge is -2.37. The summed E-state index contributed by atoms with van der Waals surface area (Å²) in [7, 11) is 2.12. The van der Waals surface area contributed by atoms with Crippen molar-refractivity contribution in [3.63, 3.8) is 0 Å². The molecule has 0 aromatic heterocycles. The summed E-state index contributed by atoms with van der Waals surface area (Å²) >= 11 is 0. The molecule has 0 amide bonds. The number of aliphatic hydroxyl groups is 1. The molecule has 0 saturated carbocycles. The Balaban J connectivity index is 1.88. The fourth-order valence-corrected chi connectivity index (χ4v) is 2.86. The van der Waals surface area contributed by atoms with Crippen molar-refractivity contribution in [2.75, 3.05) is 20.1 Å². The van der Waals surface area contributed by atoms with Crippen molar-refractivity contribution in [2.45, 2.75) is 31.5 Å². The van der Waals surface area contributed by atoms with E-state index in [1.165, 1.54) is 11.1 Å². The molecule has 1 fully saturated rings. The summed E-state index contributed by atoms with van der Waals surface area (Å²) in [5.74, 6) is 0. The van der Waals surface area contributed by atoms with Gasteiger partial charge in [0.2, 0.25) is 0 Å². The summed E-state index contributed by atoms with van der Waals surface area (Å²) in [5, 5.41) is 14.1. The quantitative estimate of drug-likeness (QED) is 0.764. The van der Waals surface area contributed by atoms with Gasteiger partial charge in [0.15, 0.2) is 0 Å². The third-order valence-corrected chi connectivity index (χ3v) is 4.19. The predicted octanol–water partition coefficient (Wildman–Crippen LogP) is 1.20. The van der Waals surface area contributed by atoms with Crippen molar-refractivity contribution < 1.29 is 5.11 Å². The number of benzene rings is 1. The molecule has 0 atom stereocenters. The molecular weight excluding hydrogens is 212 g/mol. The number of likely N-dealkylation sites (tertiary alicyclic amines) is 1. The molecule has 2 heterocycles. The maximum atomic E-state index is 10.7. The molecule has 3 rings (SSSR count). The van der Waals surface area contributed by atoms with E-state index in [9.17, 15) is 5.11 Å². The van der Waals surface area contributed by atoms with Crippen LogP contribution < -0.4 is 5.32 Å². The van der Waals surface area contributed by atoms with E-state index in [1.54, 1.807) is 0 Å². The SMILES string of the molecule is CN1CCC(O)(c2ccc3c(c2)CNC3)CC1. The van der Waals surface area contributed by atoms with Crippen molar-refractivity contribution in [1.29, 1.82) is 0 Å². The van der Waals surface area contributed by atoms with Crippen LogP contribution in [0.1, 0.15) is 29.5 Å². The normalized spacial score (nSPS) is 23.6. The second-order valence-corrected chi connectivity index (χ2v) is 5.42. The van der Waals surface area contributed by atoms with Gasteiger partial charge >= 0.3 is 0 Å². The first-order chi connectivity index (χ1) is 8.17. The van der Waals surface area contributed by atoms with Crippen LogP contribution in [-0.4, -0.2) is 30.1 Å². The molecular formula is C14H20N2O. The summed E-state index contributed by atoms with van der Waals surface area (Å²) in [4.78, 5) is 2.28. The monoisotopic (exact) mass is 232 g/mol. The van der Waals surface area contributed by atoms with E-state index in [1.807, 2.05) is 0 Å². The zero-order valence-electron chi connectivity index (χ0n) is 10.4. The molecule has 1 aromatic rings. The molecule has 0 spiro atoms. The van der Waals surface area contributed by atoms with Crippen LogP contribution in [0.15, 0.2) is 18.2 Å². The number of rotatable bonds is 1. The summed E-state index contributed by atoms with van der Waals surface area (Å²) in [6.07, 6.45) is 1.69. The van der Waals surface area contributed by atoms with Crippen LogP contribution in [0.25, 0.3) is 0 Å². The lowest BCUT2D eigenvalue weighted by atomic mass is 9.83. The summed E-state index contributed by atoms with van der Waals surface area (Å²) in [6.45, 7) is 3.87. The first kappa shape index (κ1) is 11.2. The zero-order chi connectivity index (χ0) is 11.9. The van der Waals surface area contributed by atoms with Gasteiger partial charge in [-0.2, -0.15) is 0 Å². The van der Waals surface area contributed by atoms with E-state index in [2.05, 4.69) is 35.5 Å². The number of nitrogens with one attached hydrogen (secondary N) is 1. The van der Waals surface area contributed by atoms with E-state index < -0.39 is 5.60 Å². The molecule has 1 aromatic carbocycles. The van der Waals surface area contributed by atoms with Crippen molar-refractivity contribution >= 4 is 0 Å². The van der Waals surface area contributed by atoms with Crippen molar-refractivity contribution in [2.24, 2.45) is 0 Å². The minimum absolute atomic E-state index is 0.607. The molecule has 17 heavy (non-hydrogen) atoms. The fraction of sp³-hybridized carbons (Fsp3) is 0.571. The highest BCUT2D eigenvalue weighted by Gasteiger charge is 2.33. The molecule has 92 valence electrons. The van der Waals surface area contributed by atoms with Crippen molar-refractivity contribution in [3.8, 4) is 0 Å². The minimum Gasteiger partial charge on any atom is -0.385 e. The topological polar surface area (TPSA) is 35.5 Å². The Kier molecular flexibility index (Phi) is 2.69. The highest BCUT2D eigenvalue weighted by molar-refractivity contribution is 5.37. The van der Waals surface area contributed by atoms with Gasteiger partial charge in [0, 0.05) is 26.2 Å². The maximum absolute atomic E-state index is 10.7. The average Bonchev–Trinajstić information content (AvgIpc) is 2.80. The van der Waals surface area contributed by atoms with Gasteiger partial charge in [0.05, 0.1) is 5.60 Å². The van der Waals surface area contributed by atoms with Crippen LogP contribution in [0.2, 0.25) is 0 Å². The Bertz CT molecular complexity index is 422. The molecule has 0 bridgehead atoms. The smallest absolute Gasteiger partial charge is 0.0921 e. The van der Waals surface area contributed by atoms with Crippen LogP contribution in [-0.2, 0) is 18.7 Å². The number of nitrogens with zero attached hydrogens (tertiary/aromatic N) is 1. The van der Waals surface area contributed by atoms with Crippen LogP contribution in [0.4, 0.5) is 0 Å². The molecule has 3 heteroatoms. The number of hydrogen-bond acceptors (Lipinski definition) is 3. The maximum Gasteiger partial charge on any atom is 0.0921 e. The first-order valence-electron chi connectivity index (χ1n) is 6.41. The van der Waals surface area contributed by atoms with E-state index in [0.717, 1.165) is 44.6 Å². The Morgan fingerprint density at radius 1 is 1.18 bits per heavy atom. The second-order valence-electron chi connectivity index (χ2n) is 5.42. The van der Waals surface area contributed by atoms with Gasteiger partial charge in [0.25, 0.3) is 0 Å². The van der Waals surface area contributed by atoms with Crippen LogP contribution in [0, 0.1) is 0 Å². The Morgan fingerprint density at radius 2 is 1.88 bits per heavy atom. The van der Waals surface area contributed by atoms with Gasteiger partial charge in [-0.15, -0.1) is 0 Å². The van der Waals surface area contributed by atoms with E-state index in [-0.39, 0.29) is 0 Å². The summed E-state index contributed by atoms with van der Waals surface area (Å²) in [5.41, 5.74) is 3.23. The van der Waals surface area contributed by atoms with Gasteiger partial charge in [-0.3, -0.25) is 0 Å². The average molecular weight is 232 g/mol. The molecule has 3 nitrogen and oxygen atoms in total. The molecule has 2 aliphatic rings. The molecule has 2 N–H and O–H groups in total. The molecule has 0 radical (unpaired) electrons. The van der Waals surface area contributed by atoms with E-state index >= 15 is 0 Å². The highest BCUT2D eigenvalue weighted by Crippen LogP contribution is 2.34. The first-order valence-corrected chi connectivity index (χ1v) is 6.41. The largest absolute Gasteiger partial charge is 0.385 e. The van der Waals surface area contributed by atoms with Crippen molar-refractivity contribution in [3.05, 3.63) is 34.9 Å². The number of hydrogen-bond donors (Lipinski definition) is 2. The zero-order valence-corrected chi connectivity index (χ0v) is 10.4. The third-order valence-electron chi connectivity index (χ3n) is 4.19. The Hall–Kier alpha value is -0.900. The minimum atomic E-state index is -0.607. The van der Waals surface area contributed by atoms with Crippen molar-refractivity contribution in [1.82, 2.24) is 10.2 Å². The molecule has 2 aliphatic heterocycles. The third kappa shape index (κ3) is 1.99.